The molecule has 2 N–H and O–H groups in total. The van der Waals surface area contributed by atoms with E-state index in [9.17, 15) is 0 Å². The molecular weight excluding hydrogens is 220 g/mol. The fourth-order valence-electron chi connectivity index (χ4n) is 2.06. The van der Waals surface area contributed by atoms with E-state index in [0.29, 0.717) is 5.89 Å². The highest BCUT2D eigenvalue weighted by Gasteiger charge is 2.27. The van der Waals surface area contributed by atoms with Crippen molar-refractivity contribution in [3.05, 3.63) is 18.0 Å². The van der Waals surface area contributed by atoms with Crippen LogP contribution in [0.3, 0.4) is 0 Å². The summed E-state index contributed by atoms with van der Waals surface area (Å²) in [4.78, 5) is 4.27. The van der Waals surface area contributed by atoms with E-state index in [1.807, 2.05) is 11.5 Å². The van der Waals surface area contributed by atoms with E-state index in [-0.39, 0.29) is 6.04 Å². The first-order valence-corrected chi connectivity index (χ1v) is 5.54. The molecule has 7 nitrogen and oxygen atoms in total. The smallest absolute Gasteiger partial charge is 0.191 e. The van der Waals surface area contributed by atoms with Crippen molar-refractivity contribution in [2.75, 3.05) is 6.54 Å². The summed E-state index contributed by atoms with van der Waals surface area (Å²) in [6.07, 6.45) is 1.60. The molecule has 1 aliphatic heterocycles. The van der Waals surface area contributed by atoms with E-state index < -0.39 is 0 Å². The van der Waals surface area contributed by atoms with Gasteiger partial charge in [0.05, 0.1) is 6.04 Å². The second-order valence-corrected chi connectivity index (χ2v) is 4.20. The van der Waals surface area contributed by atoms with Crippen LogP contribution in [0, 0.1) is 6.92 Å². The summed E-state index contributed by atoms with van der Waals surface area (Å²) in [5.74, 6) is 8.11. The minimum atomic E-state index is 0.0676. The number of fused-ring (bicyclic) bond motifs is 1. The first kappa shape index (κ1) is 10.4. The Kier molecular flexibility index (Phi) is 2.23. The van der Waals surface area contributed by atoms with Gasteiger partial charge >= 0.3 is 0 Å². The molecule has 2 aromatic heterocycles. The molecule has 0 saturated carbocycles. The summed E-state index contributed by atoms with van der Waals surface area (Å²) >= 11 is 0. The quantitative estimate of drug-likeness (QED) is 0.723. The lowest BCUT2D eigenvalue weighted by Gasteiger charge is -2.29. The Morgan fingerprint density at radius 2 is 2.24 bits per heavy atom. The van der Waals surface area contributed by atoms with Crippen molar-refractivity contribution in [1.29, 1.82) is 0 Å². The summed E-state index contributed by atoms with van der Waals surface area (Å²) in [6.45, 7) is 5.36. The number of nitrogens with two attached hydrogens (primary N) is 1. The van der Waals surface area contributed by atoms with Gasteiger partial charge in [-0.15, -0.1) is 10.2 Å². The Balaban J connectivity index is 2.07. The summed E-state index contributed by atoms with van der Waals surface area (Å²) in [6, 6.07) is 0.0676. The Morgan fingerprint density at radius 3 is 2.94 bits per heavy atom. The van der Waals surface area contributed by atoms with Gasteiger partial charge in [0.2, 0.25) is 0 Å². The maximum Gasteiger partial charge on any atom is 0.191 e. The number of oxazole rings is 1. The van der Waals surface area contributed by atoms with E-state index >= 15 is 0 Å². The first-order valence-electron chi connectivity index (χ1n) is 5.54. The van der Waals surface area contributed by atoms with Crippen LogP contribution in [0.2, 0.25) is 0 Å². The summed E-state index contributed by atoms with van der Waals surface area (Å²) in [7, 11) is 0. The number of rotatable bonds is 1. The lowest BCUT2D eigenvalue weighted by Crippen LogP contribution is -2.41. The second kappa shape index (κ2) is 3.64. The fourth-order valence-corrected chi connectivity index (χ4v) is 2.06. The van der Waals surface area contributed by atoms with Crippen LogP contribution in [-0.2, 0) is 6.54 Å². The number of aryl methyl sites for hydroxylation is 1. The van der Waals surface area contributed by atoms with Crippen LogP contribution in [0.5, 0.6) is 0 Å². The summed E-state index contributed by atoms with van der Waals surface area (Å²) in [5.41, 5.74) is 0.721. The zero-order valence-electron chi connectivity index (χ0n) is 9.79. The third-order valence-corrected chi connectivity index (χ3v) is 3.08. The predicted octanol–water partition coefficient (Wildman–Crippen LogP) is 0.492. The fraction of sp³-hybridized carbons (Fsp3) is 0.500. The molecule has 1 aliphatic rings. The van der Waals surface area contributed by atoms with E-state index in [1.54, 1.807) is 18.2 Å². The summed E-state index contributed by atoms with van der Waals surface area (Å²) < 4.78 is 7.25. The monoisotopic (exact) mass is 234 g/mol. The Hall–Kier alpha value is -1.73. The second-order valence-electron chi connectivity index (χ2n) is 4.20. The molecule has 3 rings (SSSR count). The van der Waals surface area contributed by atoms with Crippen molar-refractivity contribution in [2.45, 2.75) is 26.4 Å². The zero-order valence-corrected chi connectivity index (χ0v) is 9.79. The number of hydrazine groups is 1. The minimum Gasteiger partial charge on any atom is -0.449 e. The molecule has 3 heterocycles. The van der Waals surface area contributed by atoms with Crippen molar-refractivity contribution >= 4 is 0 Å². The molecule has 2 aromatic rings. The molecule has 1 atom stereocenters. The van der Waals surface area contributed by atoms with E-state index in [1.165, 1.54) is 0 Å². The molecule has 0 amide bonds. The molecule has 0 radical (unpaired) electrons. The average Bonchev–Trinajstić information content (AvgIpc) is 2.89. The van der Waals surface area contributed by atoms with Gasteiger partial charge < -0.3 is 8.98 Å². The Bertz CT molecular complexity index is 545. The largest absolute Gasteiger partial charge is 0.449 e. The molecule has 0 bridgehead atoms. The molecule has 0 aliphatic carbocycles. The van der Waals surface area contributed by atoms with Crippen LogP contribution in [0.15, 0.2) is 10.7 Å². The predicted molar refractivity (Wildman–Crippen MR) is 59.6 cm³/mol. The van der Waals surface area contributed by atoms with Crippen molar-refractivity contribution in [3.63, 3.8) is 0 Å². The van der Waals surface area contributed by atoms with Crippen molar-refractivity contribution < 1.29 is 4.42 Å². The van der Waals surface area contributed by atoms with Crippen molar-refractivity contribution in [3.8, 4) is 11.5 Å². The van der Waals surface area contributed by atoms with Crippen molar-refractivity contribution in [1.82, 2.24) is 24.8 Å². The van der Waals surface area contributed by atoms with Gasteiger partial charge in [-0.3, -0.25) is 5.84 Å². The number of aromatic nitrogens is 4. The number of hydrogen-bond donors (Lipinski definition) is 1. The van der Waals surface area contributed by atoms with Gasteiger partial charge in [0, 0.05) is 20.0 Å². The molecular formula is C10H14N6O. The van der Waals surface area contributed by atoms with Crippen LogP contribution in [0.25, 0.3) is 11.5 Å². The highest BCUT2D eigenvalue weighted by atomic mass is 16.3. The Labute approximate surface area is 98.2 Å². The van der Waals surface area contributed by atoms with Gasteiger partial charge in [-0.05, 0) is 6.92 Å². The SMILES string of the molecule is Cc1nc(-c2nnc3n2CCN(N)[C@@H]3C)co1. The van der Waals surface area contributed by atoms with Crippen LogP contribution in [0.4, 0.5) is 0 Å². The van der Waals surface area contributed by atoms with Gasteiger partial charge in [-0.2, -0.15) is 0 Å². The van der Waals surface area contributed by atoms with Gasteiger partial charge in [0.15, 0.2) is 17.5 Å². The van der Waals surface area contributed by atoms with Gasteiger partial charge in [-0.1, -0.05) is 0 Å². The minimum absolute atomic E-state index is 0.0676. The maximum absolute atomic E-state index is 5.86. The normalized spacial score (nSPS) is 20.5. The van der Waals surface area contributed by atoms with Crippen LogP contribution in [0.1, 0.15) is 24.7 Å². The van der Waals surface area contributed by atoms with E-state index in [0.717, 1.165) is 30.4 Å². The van der Waals surface area contributed by atoms with Gasteiger partial charge in [0.25, 0.3) is 0 Å². The zero-order chi connectivity index (χ0) is 12.0. The molecule has 0 unspecified atom stereocenters. The highest BCUT2D eigenvalue weighted by Crippen LogP contribution is 2.25. The number of hydrogen-bond acceptors (Lipinski definition) is 6. The van der Waals surface area contributed by atoms with Crippen LogP contribution in [-0.4, -0.2) is 31.3 Å². The molecule has 7 heteroatoms. The molecule has 17 heavy (non-hydrogen) atoms. The van der Waals surface area contributed by atoms with Gasteiger partial charge in [-0.25, -0.2) is 9.99 Å². The van der Waals surface area contributed by atoms with Gasteiger partial charge in [0.1, 0.15) is 12.0 Å². The standard InChI is InChI=1S/C10H14N6O/c1-6-9-13-14-10(8-5-17-7(2)12-8)15(9)3-4-16(6)11/h5-6H,3-4,11H2,1-2H3/t6-/m1/s1. The average molecular weight is 234 g/mol. The molecule has 0 fully saturated rings. The Morgan fingerprint density at radius 1 is 1.41 bits per heavy atom. The molecule has 0 saturated heterocycles. The van der Waals surface area contributed by atoms with Crippen LogP contribution >= 0.6 is 0 Å². The molecule has 90 valence electrons. The third-order valence-electron chi connectivity index (χ3n) is 3.08. The lowest BCUT2D eigenvalue weighted by molar-refractivity contribution is 0.168. The van der Waals surface area contributed by atoms with Crippen molar-refractivity contribution in [2.24, 2.45) is 5.84 Å². The molecule has 0 spiro atoms. The highest BCUT2D eigenvalue weighted by molar-refractivity contribution is 5.47. The number of nitrogens with zero attached hydrogens (tertiary/aromatic N) is 5. The van der Waals surface area contributed by atoms with Crippen LogP contribution < -0.4 is 5.84 Å². The maximum atomic E-state index is 5.86. The topological polar surface area (TPSA) is 86.0 Å². The first-order chi connectivity index (χ1) is 8.16. The van der Waals surface area contributed by atoms with E-state index in [2.05, 4.69) is 15.2 Å². The van der Waals surface area contributed by atoms with E-state index in [4.69, 9.17) is 10.3 Å². The molecule has 0 aromatic carbocycles. The summed E-state index contributed by atoms with van der Waals surface area (Å²) in [5, 5.41) is 10.1. The third kappa shape index (κ3) is 1.55. The lowest BCUT2D eigenvalue weighted by atomic mass is 10.2.